The highest BCUT2D eigenvalue weighted by molar-refractivity contribution is 8.38. The number of carbonyl (C=O) groups is 1. The summed E-state index contributed by atoms with van der Waals surface area (Å²) in [6.45, 7) is 0.223. The molecule has 24 heavy (non-hydrogen) atoms. The molecule has 0 bridgehead atoms. The van der Waals surface area contributed by atoms with Crippen LogP contribution >= 0.6 is 23.5 Å². The molecular weight excluding hydrogens is 344 g/mol. The Morgan fingerprint density at radius 2 is 2.08 bits per heavy atom. The Hall–Kier alpha value is -2.12. The van der Waals surface area contributed by atoms with Gasteiger partial charge in [0.05, 0.1) is 11.4 Å². The Morgan fingerprint density at radius 3 is 3.04 bits per heavy atom. The van der Waals surface area contributed by atoms with Crippen molar-refractivity contribution >= 4 is 45.2 Å². The third-order valence-corrected chi connectivity index (χ3v) is 5.78. The zero-order valence-corrected chi connectivity index (χ0v) is 14.3. The highest BCUT2D eigenvalue weighted by Gasteiger charge is 2.16. The number of amides is 1. The number of hydrogen-bond acceptors (Lipinski definition) is 6. The number of aliphatic imine (C=N–C) groups is 1. The van der Waals surface area contributed by atoms with E-state index in [1.807, 2.05) is 18.2 Å². The molecule has 0 radical (unpaired) electrons. The number of fused-ring (bicyclic) bond motifs is 2. The van der Waals surface area contributed by atoms with E-state index in [4.69, 9.17) is 9.47 Å². The molecule has 0 saturated heterocycles. The van der Waals surface area contributed by atoms with Crippen LogP contribution in [0, 0.1) is 0 Å². The molecule has 0 fully saturated rings. The second-order valence-corrected chi connectivity index (χ2v) is 7.39. The first-order valence-electron chi connectivity index (χ1n) is 7.40. The van der Waals surface area contributed by atoms with E-state index in [1.54, 1.807) is 30.0 Å². The zero-order valence-electron chi connectivity index (χ0n) is 12.7. The van der Waals surface area contributed by atoms with Crippen LogP contribution in [0.2, 0.25) is 0 Å². The average Bonchev–Trinajstić information content (AvgIpc) is 3.07. The maximum Gasteiger partial charge on any atom is 0.234 e. The SMILES string of the molecule is O=C(CSC1=Nc2ccccc2CS1)Nc1ccc2c(c1)OCO2. The Bertz CT molecular complexity index is 823. The van der Waals surface area contributed by atoms with Crippen LogP contribution in [0.4, 0.5) is 11.4 Å². The van der Waals surface area contributed by atoms with Gasteiger partial charge in [-0.1, -0.05) is 41.7 Å². The highest BCUT2D eigenvalue weighted by Crippen LogP contribution is 2.35. The van der Waals surface area contributed by atoms with Gasteiger partial charge < -0.3 is 14.8 Å². The van der Waals surface area contributed by atoms with Crippen molar-refractivity contribution in [2.75, 3.05) is 17.9 Å². The van der Waals surface area contributed by atoms with Crippen molar-refractivity contribution in [1.82, 2.24) is 0 Å². The number of nitrogens with one attached hydrogen (secondary N) is 1. The van der Waals surface area contributed by atoms with Crippen molar-refractivity contribution in [2.45, 2.75) is 5.75 Å². The minimum atomic E-state index is -0.0685. The monoisotopic (exact) mass is 358 g/mol. The summed E-state index contributed by atoms with van der Waals surface area (Å²) < 4.78 is 11.5. The van der Waals surface area contributed by atoms with Gasteiger partial charge in [-0.25, -0.2) is 4.99 Å². The van der Waals surface area contributed by atoms with Crippen LogP contribution < -0.4 is 14.8 Å². The Labute approximate surface area is 147 Å². The summed E-state index contributed by atoms with van der Waals surface area (Å²) in [7, 11) is 0. The fraction of sp³-hybridized carbons (Fsp3) is 0.176. The number of hydrogen-bond donors (Lipinski definition) is 1. The number of rotatable bonds is 3. The highest BCUT2D eigenvalue weighted by atomic mass is 32.2. The molecule has 1 N–H and O–H groups in total. The maximum absolute atomic E-state index is 12.1. The van der Waals surface area contributed by atoms with Crippen LogP contribution in [-0.2, 0) is 10.5 Å². The predicted octanol–water partition coefficient (Wildman–Crippen LogP) is 4.02. The third kappa shape index (κ3) is 3.37. The molecule has 5 nitrogen and oxygen atoms in total. The lowest BCUT2D eigenvalue weighted by Crippen LogP contribution is -2.15. The van der Waals surface area contributed by atoms with Crippen LogP contribution in [0.3, 0.4) is 0 Å². The van der Waals surface area contributed by atoms with Gasteiger partial charge in [0.1, 0.15) is 4.38 Å². The number of benzene rings is 2. The average molecular weight is 358 g/mol. The Balaban J connectivity index is 1.35. The molecule has 0 saturated carbocycles. The minimum Gasteiger partial charge on any atom is -0.454 e. The van der Waals surface area contributed by atoms with Crippen LogP contribution in [0.1, 0.15) is 5.56 Å². The number of para-hydroxylation sites is 1. The number of ether oxygens (including phenoxy) is 2. The van der Waals surface area contributed by atoms with E-state index in [0.717, 1.165) is 15.8 Å². The van der Waals surface area contributed by atoms with Crippen molar-refractivity contribution in [1.29, 1.82) is 0 Å². The first-order chi connectivity index (χ1) is 11.8. The number of anilines is 1. The smallest absolute Gasteiger partial charge is 0.234 e. The van der Waals surface area contributed by atoms with Crippen molar-refractivity contribution in [3.05, 3.63) is 48.0 Å². The van der Waals surface area contributed by atoms with Gasteiger partial charge in [-0.05, 0) is 23.8 Å². The summed E-state index contributed by atoms with van der Waals surface area (Å²) in [6, 6.07) is 13.5. The summed E-state index contributed by atoms with van der Waals surface area (Å²) in [6.07, 6.45) is 0. The van der Waals surface area contributed by atoms with Gasteiger partial charge in [-0.3, -0.25) is 4.79 Å². The largest absolute Gasteiger partial charge is 0.454 e. The van der Waals surface area contributed by atoms with Crippen molar-refractivity contribution in [2.24, 2.45) is 4.99 Å². The van der Waals surface area contributed by atoms with Crippen LogP contribution in [0.5, 0.6) is 11.5 Å². The van der Waals surface area contributed by atoms with Gasteiger partial charge in [-0.2, -0.15) is 0 Å². The number of carbonyl (C=O) groups excluding carboxylic acids is 1. The lowest BCUT2D eigenvalue weighted by Gasteiger charge is -2.14. The molecule has 7 heteroatoms. The normalized spacial score (nSPS) is 14.8. The molecule has 0 aromatic heterocycles. The summed E-state index contributed by atoms with van der Waals surface area (Å²) in [5.74, 6) is 2.51. The first kappa shape index (κ1) is 15.4. The third-order valence-electron chi connectivity index (χ3n) is 3.54. The molecular formula is C17H14N2O3S2. The molecule has 0 aliphatic carbocycles. The molecule has 2 aliphatic rings. The summed E-state index contributed by atoms with van der Waals surface area (Å²) in [4.78, 5) is 16.7. The van der Waals surface area contributed by atoms with Crippen LogP contribution in [-0.4, -0.2) is 22.8 Å². The summed E-state index contributed by atoms with van der Waals surface area (Å²) in [5, 5.41) is 2.87. The van der Waals surface area contributed by atoms with Crippen LogP contribution in [0.25, 0.3) is 0 Å². The predicted molar refractivity (Wildman–Crippen MR) is 98.5 cm³/mol. The second kappa shape index (κ2) is 6.78. The molecule has 0 atom stereocenters. The number of nitrogens with zero attached hydrogens (tertiary/aromatic N) is 1. The van der Waals surface area contributed by atoms with Crippen molar-refractivity contribution in [3.63, 3.8) is 0 Å². The van der Waals surface area contributed by atoms with Gasteiger partial charge in [0.15, 0.2) is 11.5 Å². The van der Waals surface area contributed by atoms with Crippen molar-refractivity contribution in [3.8, 4) is 11.5 Å². The van der Waals surface area contributed by atoms with Gasteiger partial charge in [0.2, 0.25) is 12.7 Å². The van der Waals surface area contributed by atoms with Gasteiger partial charge >= 0.3 is 0 Å². The number of thioether (sulfide) groups is 2. The molecule has 122 valence electrons. The molecule has 0 unspecified atom stereocenters. The molecule has 2 aromatic rings. The zero-order chi connectivity index (χ0) is 16.4. The quantitative estimate of drug-likeness (QED) is 0.898. The molecule has 4 rings (SSSR count). The fourth-order valence-electron chi connectivity index (χ4n) is 2.38. The van der Waals surface area contributed by atoms with Crippen LogP contribution in [0.15, 0.2) is 47.5 Å². The van der Waals surface area contributed by atoms with E-state index >= 15 is 0 Å². The Kier molecular flexibility index (Phi) is 4.36. The molecule has 1 amide bonds. The summed E-state index contributed by atoms with van der Waals surface area (Å²) >= 11 is 3.13. The van der Waals surface area contributed by atoms with E-state index in [0.29, 0.717) is 22.9 Å². The topological polar surface area (TPSA) is 59.9 Å². The molecule has 2 heterocycles. The van der Waals surface area contributed by atoms with E-state index in [1.165, 1.54) is 17.3 Å². The minimum absolute atomic E-state index is 0.0685. The van der Waals surface area contributed by atoms with E-state index in [9.17, 15) is 4.79 Å². The molecule has 2 aromatic carbocycles. The van der Waals surface area contributed by atoms with Gasteiger partial charge in [0, 0.05) is 17.5 Å². The van der Waals surface area contributed by atoms with Gasteiger partial charge in [0.25, 0.3) is 0 Å². The van der Waals surface area contributed by atoms with Crippen molar-refractivity contribution < 1.29 is 14.3 Å². The summed E-state index contributed by atoms with van der Waals surface area (Å²) in [5.41, 5.74) is 2.93. The lowest BCUT2D eigenvalue weighted by molar-refractivity contribution is -0.113. The van der Waals surface area contributed by atoms with Gasteiger partial charge in [-0.15, -0.1) is 0 Å². The van der Waals surface area contributed by atoms with E-state index in [-0.39, 0.29) is 12.7 Å². The fourth-order valence-corrected chi connectivity index (χ4v) is 4.25. The second-order valence-electron chi connectivity index (χ2n) is 5.20. The molecule has 0 spiro atoms. The maximum atomic E-state index is 12.1. The molecule has 2 aliphatic heterocycles. The Morgan fingerprint density at radius 1 is 1.21 bits per heavy atom. The van der Waals surface area contributed by atoms with E-state index < -0.39 is 0 Å². The van der Waals surface area contributed by atoms with E-state index in [2.05, 4.69) is 16.4 Å². The lowest BCUT2D eigenvalue weighted by atomic mass is 10.2. The first-order valence-corrected chi connectivity index (χ1v) is 9.37. The standard InChI is InChI=1S/C17H14N2O3S2/c20-16(18-12-5-6-14-15(7-12)22-10-21-14)9-24-17-19-13-4-2-1-3-11(13)8-23-17/h1-7H,8-10H2,(H,18,20).